The lowest BCUT2D eigenvalue weighted by Gasteiger charge is -2.07. The zero-order chi connectivity index (χ0) is 14.4. The van der Waals surface area contributed by atoms with E-state index in [0.29, 0.717) is 0 Å². The summed E-state index contributed by atoms with van der Waals surface area (Å²) < 4.78 is 10.8. The van der Waals surface area contributed by atoms with Crippen LogP contribution in [0.5, 0.6) is 17.2 Å². The minimum Gasteiger partial charge on any atom is -0.497 e. The number of hydrogen-bond acceptors (Lipinski definition) is 3. The number of methoxy groups -OCH3 is 1. The third kappa shape index (κ3) is 3.99. The Morgan fingerprint density at radius 2 is 1.70 bits per heavy atom. The van der Waals surface area contributed by atoms with Crippen molar-refractivity contribution >= 4 is 11.9 Å². The van der Waals surface area contributed by atoms with Crippen molar-refractivity contribution < 1.29 is 14.3 Å². The lowest BCUT2D eigenvalue weighted by Crippen LogP contribution is -1.86. The van der Waals surface area contributed by atoms with Crippen molar-refractivity contribution in [2.24, 2.45) is 0 Å². The van der Waals surface area contributed by atoms with Gasteiger partial charge in [0.2, 0.25) is 0 Å². The van der Waals surface area contributed by atoms with Crippen molar-refractivity contribution in [2.75, 3.05) is 7.11 Å². The summed E-state index contributed by atoms with van der Waals surface area (Å²) in [6.07, 6.45) is 3.30. The van der Waals surface area contributed by atoms with E-state index in [2.05, 4.69) is 0 Å². The number of hydrogen-bond donors (Lipinski definition) is 0. The summed E-state index contributed by atoms with van der Waals surface area (Å²) in [6.45, 7) is 1.52. The van der Waals surface area contributed by atoms with Gasteiger partial charge in [0.15, 0.2) is 5.78 Å². The van der Waals surface area contributed by atoms with E-state index < -0.39 is 0 Å². The smallest absolute Gasteiger partial charge is 0.152 e. The normalized spacial score (nSPS) is 10.5. The Morgan fingerprint density at radius 1 is 1.00 bits per heavy atom. The Labute approximate surface area is 118 Å². The molecule has 0 aliphatic rings. The number of benzene rings is 2. The molecule has 0 atom stereocenters. The van der Waals surface area contributed by atoms with E-state index >= 15 is 0 Å². The average molecular weight is 268 g/mol. The topological polar surface area (TPSA) is 35.5 Å². The van der Waals surface area contributed by atoms with Crippen molar-refractivity contribution in [3.63, 3.8) is 0 Å². The summed E-state index contributed by atoms with van der Waals surface area (Å²) in [6, 6.07) is 14.9. The second-order valence-corrected chi connectivity index (χ2v) is 4.29. The predicted molar refractivity (Wildman–Crippen MR) is 79.2 cm³/mol. The van der Waals surface area contributed by atoms with Crippen LogP contribution in [-0.2, 0) is 4.79 Å². The first kappa shape index (κ1) is 13.9. The summed E-state index contributed by atoms with van der Waals surface area (Å²) in [5, 5.41) is 0. The summed E-state index contributed by atoms with van der Waals surface area (Å²) >= 11 is 0. The van der Waals surface area contributed by atoms with Crippen LogP contribution in [0.2, 0.25) is 0 Å². The molecule has 0 aliphatic carbocycles. The number of carbonyl (C=O) groups excluding carboxylic acids is 1. The second kappa shape index (κ2) is 6.57. The fourth-order valence-corrected chi connectivity index (χ4v) is 1.68. The molecule has 2 rings (SSSR count). The van der Waals surface area contributed by atoms with Gasteiger partial charge < -0.3 is 9.47 Å². The molecule has 0 amide bonds. The van der Waals surface area contributed by atoms with Gasteiger partial charge in [0.25, 0.3) is 0 Å². The van der Waals surface area contributed by atoms with Crippen LogP contribution in [0, 0.1) is 0 Å². The van der Waals surface area contributed by atoms with Gasteiger partial charge in [0.05, 0.1) is 7.11 Å². The number of ether oxygens (including phenoxy) is 2. The largest absolute Gasteiger partial charge is 0.497 e. The molecule has 2 aromatic rings. The van der Waals surface area contributed by atoms with Crippen LogP contribution >= 0.6 is 0 Å². The molecule has 0 aliphatic heterocycles. The van der Waals surface area contributed by atoms with Crippen LogP contribution in [-0.4, -0.2) is 12.9 Å². The number of ketones is 1. The first-order valence-corrected chi connectivity index (χ1v) is 6.28. The van der Waals surface area contributed by atoms with E-state index in [-0.39, 0.29) is 5.78 Å². The van der Waals surface area contributed by atoms with E-state index in [0.717, 1.165) is 22.8 Å². The maximum Gasteiger partial charge on any atom is 0.152 e. The van der Waals surface area contributed by atoms with Gasteiger partial charge in [-0.05, 0) is 55.0 Å². The van der Waals surface area contributed by atoms with Gasteiger partial charge in [-0.2, -0.15) is 0 Å². The molecule has 2 aromatic carbocycles. The fourth-order valence-electron chi connectivity index (χ4n) is 1.68. The summed E-state index contributed by atoms with van der Waals surface area (Å²) in [5.41, 5.74) is 0.922. The van der Waals surface area contributed by atoms with Crippen LogP contribution in [0.15, 0.2) is 54.6 Å². The molecule has 0 saturated heterocycles. The molecule has 0 fully saturated rings. The highest BCUT2D eigenvalue weighted by Gasteiger charge is 1.99. The van der Waals surface area contributed by atoms with E-state index in [1.807, 2.05) is 48.5 Å². The van der Waals surface area contributed by atoms with Crippen molar-refractivity contribution in [1.82, 2.24) is 0 Å². The molecule has 0 N–H and O–H groups in total. The molecule has 0 spiro atoms. The van der Waals surface area contributed by atoms with Gasteiger partial charge in [-0.3, -0.25) is 4.79 Å². The molecule has 0 bridgehead atoms. The average Bonchev–Trinajstić information content (AvgIpc) is 2.46. The fraction of sp³-hybridized carbons (Fsp3) is 0.118. The molecule has 102 valence electrons. The molecule has 0 aromatic heterocycles. The Morgan fingerprint density at radius 3 is 2.35 bits per heavy atom. The van der Waals surface area contributed by atoms with Gasteiger partial charge in [-0.15, -0.1) is 0 Å². The summed E-state index contributed by atoms with van der Waals surface area (Å²) in [4.78, 5) is 10.9. The Hall–Kier alpha value is -2.55. The molecule has 3 nitrogen and oxygen atoms in total. The van der Waals surface area contributed by atoms with Gasteiger partial charge in [-0.25, -0.2) is 0 Å². The molecule has 0 heterocycles. The third-order valence-electron chi connectivity index (χ3n) is 2.66. The van der Waals surface area contributed by atoms with Crippen LogP contribution < -0.4 is 9.47 Å². The maximum absolute atomic E-state index is 10.9. The predicted octanol–water partition coefficient (Wildman–Crippen LogP) is 4.09. The highest BCUT2D eigenvalue weighted by molar-refractivity contribution is 5.91. The standard InChI is InChI=1S/C17H16O3/c1-13(18)6-7-14-4-3-5-17(12-14)20-16-10-8-15(19-2)9-11-16/h3-12H,1-2H3. The first-order valence-electron chi connectivity index (χ1n) is 6.28. The Balaban J connectivity index is 2.12. The van der Waals surface area contributed by atoms with Crippen molar-refractivity contribution in [2.45, 2.75) is 6.92 Å². The van der Waals surface area contributed by atoms with E-state index in [1.165, 1.54) is 13.0 Å². The van der Waals surface area contributed by atoms with Crippen LogP contribution in [0.25, 0.3) is 6.08 Å². The van der Waals surface area contributed by atoms with Crippen LogP contribution in [0.3, 0.4) is 0 Å². The quantitative estimate of drug-likeness (QED) is 0.766. The third-order valence-corrected chi connectivity index (χ3v) is 2.66. The molecule has 20 heavy (non-hydrogen) atoms. The molecular formula is C17H16O3. The number of allylic oxidation sites excluding steroid dienone is 1. The zero-order valence-electron chi connectivity index (χ0n) is 11.5. The minimum absolute atomic E-state index is 0.0199. The molecule has 3 heteroatoms. The second-order valence-electron chi connectivity index (χ2n) is 4.29. The SMILES string of the molecule is COc1ccc(Oc2cccc(C=CC(C)=O)c2)cc1. The monoisotopic (exact) mass is 268 g/mol. The van der Waals surface area contributed by atoms with Gasteiger partial charge in [-0.1, -0.05) is 18.2 Å². The molecule has 0 unspecified atom stereocenters. The van der Waals surface area contributed by atoms with Gasteiger partial charge in [0, 0.05) is 0 Å². The first-order chi connectivity index (χ1) is 9.67. The molecule has 0 radical (unpaired) electrons. The lowest BCUT2D eigenvalue weighted by molar-refractivity contribution is -0.112. The Kier molecular flexibility index (Phi) is 4.56. The molecule has 0 saturated carbocycles. The van der Waals surface area contributed by atoms with E-state index in [4.69, 9.17) is 9.47 Å². The zero-order valence-corrected chi connectivity index (χ0v) is 11.5. The number of carbonyl (C=O) groups is 1. The Bertz CT molecular complexity index is 612. The summed E-state index contributed by atoms with van der Waals surface area (Å²) in [7, 11) is 1.63. The van der Waals surface area contributed by atoms with Gasteiger partial charge in [0.1, 0.15) is 17.2 Å². The van der Waals surface area contributed by atoms with Crippen molar-refractivity contribution in [1.29, 1.82) is 0 Å². The number of rotatable bonds is 5. The summed E-state index contributed by atoms with van der Waals surface area (Å²) in [5.74, 6) is 2.27. The van der Waals surface area contributed by atoms with E-state index in [1.54, 1.807) is 13.2 Å². The lowest BCUT2D eigenvalue weighted by atomic mass is 10.2. The van der Waals surface area contributed by atoms with Crippen LogP contribution in [0.4, 0.5) is 0 Å². The van der Waals surface area contributed by atoms with E-state index in [9.17, 15) is 4.79 Å². The highest BCUT2D eigenvalue weighted by atomic mass is 16.5. The van der Waals surface area contributed by atoms with Crippen LogP contribution in [0.1, 0.15) is 12.5 Å². The van der Waals surface area contributed by atoms with Crippen molar-refractivity contribution in [3.8, 4) is 17.2 Å². The molecular weight excluding hydrogens is 252 g/mol. The van der Waals surface area contributed by atoms with Crippen molar-refractivity contribution in [3.05, 3.63) is 60.2 Å². The van der Waals surface area contributed by atoms with Gasteiger partial charge >= 0.3 is 0 Å². The highest BCUT2D eigenvalue weighted by Crippen LogP contribution is 2.24. The minimum atomic E-state index is 0.0199. The maximum atomic E-state index is 10.9.